The number of nitrogens with one attached hydrogen (secondary N) is 1. The summed E-state index contributed by atoms with van der Waals surface area (Å²) in [6.07, 6.45) is 3.10. The van der Waals surface area contributed by atoms with Gasteiger partial charge in [0.15, 0.2) is 17.5 Å². The van der Waals surface area contributed by atoms with Crippen LogP contribution in [0.2, 0.25) is 0 Å². The fourth-order valence-electron chi connectivity index (χ4n) is 4.16. The second kappa shape index (κ2) is 9.37. The predicted octanol–water partition coefficient (Wildman–Crippen LogP) is 2.33. The summed E-state index contributed by atoms with van der Waals surface area (Å²) < 4.78 is 22.1. The summed E-state index contributed by atoms with van der Waals surface area (Å²) in [5.41, 5.74) is 1.38. The molecule has 1 atom stereocenters. The Hall–Kier alpha value is -2.15. The van der Waals surface area contributed by atoms with Gasteiger partial charge in [0.2, 0.25) is 5.75 Å². The monoisotopic (exact) mass is 391 g/mol. The van der Waals surface area contributed by atoms with Crippen LogP contribution in [0.1, 0.15) is 25.3 Å². The molecule has 0 aromatic heterocycles. The third-order valence-electron chi connectivity index (χ3n) is 5.69. The minimum absolute atomic E-state index is 0.322. The lowest BCUT2D eigenvalue weighted by molar-refractivity contribution is 0.156. The summed E-state index contributed by atoms with van der Waals surface area (Å²) in [5.74, 6) is 3.00. The molecule has 1 N–H and O–H groups in total. The number of hydrogen-bond acceptors (Lipinski definition) is 5. The fraction of sp³-hybridized carbons (Fsp3) is 0.667. The van der Waals surface area contributed by atoms with Crippen molar-refractivity contribution >= 4 is 5.96 Å². The van der Waals surface area contributed by atoms with E-state index in [1.54, 1.807) is 21.3 Å². The molecule has 0 amide bonds. The molecule has 1 aromatic rings. The summed E-state index contributed by atoms with van der Waals surface area (Å²) in [5, 5.41) is 3.45. The summed E-state index contributed by atoms with van der Waals surface area (Å²) >= 11 is 0. The maximum atomic E-state index is 5.65. The van der Waals surface area contributed by atoms with Crippen LogP contribution in [0.4, 0.5) is 0 Å². The Bertz CT molecular complexity index is 686. The van der Waals surface area contributed by atoms with Crippen LogP contribution >= 0.6 is 0 Å². The summed E-state index contributed by atoms with van der Waals surface area (Å²) in [6.45, 7) is 7.48. The van der Waals surface area contributed by atoms with E-state index in [0.29, 0.717) is 29.2 Å². The largest absolute Gasteiger partial charge is 0.493 e. The van der Waals surface area contributed by atoms with Crippen molar-refractivity contribution in [3.63, 3.8) is 0 Å². The van der Waals surface area contributed by atoms with Gasteiger partial charge >= 0.3 is 0 Å². The van der Waals surface area contributed by atoms with Crippen molar-refractivity contribution < 1.29 is 18.9 Å². The van der Waals surface area contributed by atoms with Gasteiger partial charge in [0.1, 0.15) is 0 Å². The average molecular weight is 392 g/mol. The lowest BCUT2D eigenvalue weighted by atomic mass is 9.87. The Balaban J connectivity index is 1.69. The number of guanidine groups is 1. The molecule has 2 fully saturated rings. The first-order valence-corrected chi connectivity index (χ1v) is 10.0. The van der Waals surface area contributed by atoms with Crippen molar-refractivity contribution in [2.75, 3.05) is 60.7 Å². The number of methoxy groups -OCH3 is 3. The third kappa shape index (κ3) is 4.29. The van der Waals surface area contributed by atoms with Gasteiger partial charge in [-0.25, -0.2) is 0 Å². The normalized spacial score (nSPS) is 22.0. The summed E-state index contributed by atoms with van der Waals surface area (Å²) in [6, 6.07) is 3.93. The Morgan fingerprint density at radius 2 is 2.00 bits per heavy atom. The Labute approximate surface area is 168 Å². The molecule has 2 aliphatic heterocycles. The number of nitrogens with zero attached hydrogens (tertiary/aromatic N) is 2. The Morgan fingerprint density at radius 3 is 2.64 bits per heavy atom. The highest BCUT2D eigenvalue weighted by Gasteiger charge is 2.42. The van der Waals surface area contributed by atoms with Crippen LogP contribution in [0.5, 0.6) is 17.2 Å². The van der Waals surface area contributed by atoms with Crippen LogP contribution in [0, 0.1) is 5.41 Å². The van der Waals surface area contributed by atoms with Gasteiger partial charge in [-0.3, -0.25) is 4.99 Å². The van der Waals surface area contributed by atoms with Crippen LogP contribution in [-0.2, 0) is 11.2 Å². The zero-order chi connectivity index (χ0) is 20.0. The van der Waals surface area contributed by atoms with Crippen molar-refractivity contribution in [1.29, 1.82) is 0 Å². The van der Waals surface area contributed by atoms with E-state index in [0.717, 1.165) is 57.2 Å². The molecule has 1 spiro atoms. The van der Waals surface area contributed by atoms with Crippen LogP contribution in [0.15, 0.2) is 17.1 Å². The predicted molar refractivity (Wildman–Crippen MR) is 110 cm³/mol. The topological polar surface area (TPSA) is 64.6 Å². The maximum absolute atomic E-state index is 5.65. The number of aliphatic imine (C=N–C) groups is 1. The van der Waals surface area contributed by atoms with Gasteiger partial charge in [-0.1, -0.05) is 6.07 Å². The van der Waals surface area contributed by atoms with Gasteiger partial charge in [-0.2, -0.15) is 0 Å². The van der Waals surface area contributed by atoms with E-state index < -0.39 is 0 Å². The number of benzene rings is 1. The highest BCUT2D eigenvalue weighted by atomic mass is 16.5. The first-order valence-electron chi connectivity index (χ1n) is 10.0. The molecular formula is C21H33N3O4. The van der Waals surface area contributed by atoms with Gasteiger partial charge in [-0.05, 0) is 32.3 Å². The van der Waals surface area contributed by atoms with Gasteiger partial charge < -0.3 is 29.2 Å². The first kappa shape index (κ1) is 20.6. The molecule has 1 unspecified atom stereocenters. The second-order valence-corrected chi connectivity index (χ2v) is 7.45. The molecule has 0 radical (unpaired) electrons. The smallest absolute Gasteiger partial charge is 0.203 e. The molecule has 2 heterocycles. The number of ether oxygens (including phenoxy) is 4. The van der Waals surface area contributed by atoms with E-state index in [2.05, 4.69) is 17.1 Å². The molecule has 7 heteroatoms. The van der Waals surface area contributed by atoms with Crippen molar-refractivity contribution in [2.24, 2.45) is 10.4 Å². The third-order valence-corrected chi connectivity index (χ3v) is 5.69. The molecule has 0 aliphatic carbocycles. The number of hydrogen-bond donors (Lipinski definition) is 1. The molecule has 28 heavy (non-hydrogen) atoms. The Kier molecular flexibility index (Phi) is 6.88. The molecule has 2 saturated heterocycles. The minimum atomic E-state index is 0.322. The van der Waals surface area contributed by atoms with Crippen molar-refractivity contribution in [2.45, 2.75) is 26.2 Å². The van der Waals surface area contributed by atoms with E-state index in [1.165, 1.54) is 6.42 Å². The fourth-order valence-corrected chi connectivity index (χ4v) is 4.16. The molecule has 0 bridgehead atoms. The van der Waals surface area contributed by atoms with Crippen LogP contribution in [0.25, 0.3) is 0 Å². The zero-order valence-electron chi connectivity index (χ0n) is 17.5. The van der Waals surface area contributed by atoms with E-state index >= 15 is 0 Å². The molecule has 0 saturated carbocycles. The maximum Gasteiger partial charge on any atom is 0.203 e. The summed E-state index contributed by atoms with van der Waals surface area (Å²) in [7, 11) is 4.91. The quantitative estimate of drug-likeness (QED) is 0.569. The SMILES string of the molecule is CCNC(=NCCc1ccc(OC)c(OC)c1OC)N1CCC2(CCOC2)C1. The van der Waals surface area contributed by atoms with Crippen LogP contribution < -0.4 is 19.5 Å². The number of likely N-dealkylation sites (tertiary alicyclic amines) is 1. The van der Waals surface area contributed by atoms with E-state index in [1.807, 2.05) is 12.1 Å². The van der Waals surface area contributed by atoms with Gasteiger partial charge in [0, 0.05) is 43.8 Å². The van der Waals surface area contributed by atoms with Crippen LogP contribution in [-0.4, -0.2) is 71.6 Å². The minimum Gasteiger partial charge on any atom is -0.493 e. The highest BCUT2D eigenvalue weighted by molar-refractivity contribution is 5.80. The van der Waals surface area contributed by atoms with Crippen LogP contribution in [0.3, 0.4) is 0 Å². The van der Waals surface area contributed by atoms with Gasteiger partial charge in [-0.15, -0.1) is 0 Å². The van der Waals surface area contributed by atoms with E-state index in [4.69, 9.17) is 23.9 Å². The Morgan fingerprint density at radius 1 is 1.18 bits per heavy atom. The zero-order valence-corrected chi connectivity index (χ0v) is 17.5. The molecule has 1 aromatic carbocycles. The van der Waals surface area contributed by atoms with Crippen molar-refractivity contribution in [3.05, 3.63) is 17.7 Å². The summed E-state index contributed by atoms with van der Waals surface area (Å²) in [4.78, 5) is 7.26. The lowest BCUT2D eigenvalue weighted by Crippen LogP contribution is -2.41. The average Bonchev–Trinajstić information content (AvgIpc) is 3.36. The van der Waals surface area contributed by atoms with E-state index in [-0.39, 0.29) is 0 Å². The van der Waals surface area contributed by atoms with Gasteiger partial charge in [0.25, 0.3) is 0 Å². The highest BCUT2D eigenvalue weighted by Crippen LogP contribution is 2.40. The second-order valence-electron chi connectivity index (χ2n) is 7.45. The molecule has 7 nitrogen and oxygen atoms in total. The van der Waals surface area contributed by atoms with Crippen molar-refractivity contribution in [1.82, 2.24) is 10.2 Å². The van der Waals surface area contributed by atoms with E-state index in [9.17, 15) is 0 Å². The number of rotatable bonds is 7. The van der Waals surface area contributed by atoms with Crippen molar-refractivity contribution in [3.8, 4) is 17.2 Å². The molecule has 156 valence electrons. The molecule has 2 aliphatic rings. The molecular weight excluding hydrogens is 358 g/mol. The lowest BCUT2D eigenvalue weighted by Gasteiger charge is -2.25. The standard InChI is InChI=1S/C21H33N3O4/c1-5-22-20(24-12-9-21(14-24)10-13-28-15-21)23-11-8-16-6-7-17(25-2)19(27-4)18(16)26-3/h6-7H,5,8-15H2,1-4H3,(H,22,23). The molecule has 3 rings (SSSR count). The van der Waals surface area contributed by atoms with Gasteiger partial charge in [0.05, 0.1) is 27.9 Å². The first-order chi connectivity index (χ1) is 13.7.